The van der Waals surface area contributed by atoms with Crippen molar-refractivity contribution in [3.63, 3.8) is 0 Å². The molecule has 1 unspecified atom stereocenters. The third-order valence-corrected chi connectivity index (χ3v) is 7.24. The third kappa shape index (κ3) is 7.05. The number of carboxylic acid groups (broad SMARTS) is 1. The lowest BCUT2D eigenvalue weighted by Crippen LogP contribution is -2.26. The van der Waals surface area contributed by atoms with Crippen molar-refractivity contribution in [3.8, 4) is 5.75 Å². The Hall–Kier alpha value is -3.96. The van der Waals surface area contributed by atoms with Crippen molar-refractivity contribution in [1.29, 1.82) is 0 Å². The van der Waals surface area contributed by atoms with E-state index >= 15 is 0 Å². The zero-order valence-corrected chi connectivity index (χ0v) is 20.0. The molecule has 0 bridgehead atoms. The van der Waals surface area contributed by atoms with Crippen molar-refractivity contribution >= 4 is 22.5 Å². The van der Waals surface area contributed by atoms with Gasteiger partial charge >= 0.3 is 6.18 Å². The van der Waals surface area contributed by atoms with Crippen LogP contribution in [0.3, 0.4) is 0 Å². The Bertz CT molecular complexity index is 1340. The number of rotatable bonds is 10. The third-order valence-electron chi connectivity index (χ3n) is 5.44. The van der Waals surface area contributed by atoms with Crippen molar-refractivity contribution in [1.82, 2.24) is 0 Å². The fourth-order valence-electron chi connectivity index (χ4n) is 3.52. The maximum absolute atomic E-state index is 13.0. The first-order chi connectivity index (χ1) is 17.4. The van der Waals surface area contributed by atoms with Crippen LogP contribution in [-0.4, -0.2) is 16.8 Å². The van der Waals surface area contributed by atoms with Crippen molar-refractivity contribution in [2.75, 3.05) is 0 Å². The summed E-state index contributed by atoms with van der Waals surface area (Å²) in [6.07, 6.45) is -3.43. The van der Waals surface area contributed by atoms with Crippen LogP contribution in [-0.2, 0) is 36.8 Å². The van der Waals surface area contributed by atoms with Crippen LogP contribution in [0.2, 0.25) is 0 Å². The number of carboxylic acids is 1. The lowest BCUT2D eigenvalue weighted by atomic mass is 9.92. The van der Waals surface area contributed by atoms with Crippen LogP contribution in [0.4, 0.5) is 13.2 Å². The number of carbonyl (C=O) groups is 2. The summed E-state index contributed by atoms with van der Waals surface area (Å²) in [5.41, 5.74) is 6.03. The van der Waals surface area contributed by atoms with E-state index in [9.17, 15) is 36.6 Å². The minimum Gasteiger partial charge on any atom is -0.550 e. The van der Waals surface area contributed by atoms with Crippen molar-refractivity contribution in [3.05, 3.63) is 101 Å². The van der Waals surface area contributed by atoms with E-state index in [2.05, 4.69) is 0 Å². The van der Waals surface area contributed by atoms with E-state index in [1.54, 1.807) is 30.3 Å². The molecule has 0 aliphatic carbocycles. The Labute approximate surface area is 211 Å². The van der Waals surface area contributed by atoms with Gasteiger partial charge in [-0.25, -0.2) is 0 Å². The number of ether oxygens (including phenoxy) is 1. The fraction of sp³-hybridized carbons (Fsp3) is 0.154. The summed E-state index contributed by atoms with van der Waals surface area (Å²) < 4.78 is 67.7. The molecule has 194 valence electrons. The molecule has 3 aromatic carbocycles. The molecule has 0 spiro atoms. The second-order valence-corrected chi connectivity index (χ2v) is 9.98. The van der Waals surface area contributed by atoms with Gasteiger partial charge in [0.15, 0.2) is 9.79 Å². The van der Waals surface area contributed by atoms with E-state index in [0.29, 0.717) is 23.2 Å². The highest BCUT2D eigenvalue weighted by molar-refractivity contribution is 7.97. The number of hydrogen-bond acceptors (Lipinski definition) is 6. The van der Waals surface area contributed by atoms with E-state index in [0.717, 1.165) is 30.3 Å². The molecule has 7 nitrogen and oxygen atoms in total. The van der Waals surface area contributed by atoms with E-state index in [1.807, 2.05) is 0 Å². The molecule has 0 saturated carbocycles. The number of benzene rings is 3. The fourth-order valence-corrected chi connectivity index (χ4v) is 4.88. The quantitative estimate of drug-likeness (QED) is 0.229. The molecule has 0 amide bonds. The van der Waals surface area contributed by atoms with Crippen molar-refractivity contribution in [2.24, 2.45) is 5.73 Å². The van der Waals surface area contributed by atoms with E-state index < -0.39 is 40.3 Å². The molecule has 0 fully saturated rings. The van der Waals surface area contributed by atoms with Crippen LogP contribution in [0.1, 0.15) is 29.0 Å². The number of nitrogens with two attached hydrogens (primary N) is 1. The van der Waals surface area contributed by atoms with Gasteiger partial charge in [0.25, 0.3) is 10.2 Å². The van der Waals surface area contributed by atoms with Crippen LogP contribution in [0.15, 0.2) is 94.4 Å². The standard InChI is InChI=1S/C26H22F3NO6S/c27-26(28,29)19-6-10-21(11-7-19)37(34,35)22-3-1-2-17(14-22)16-36-20-8-4-18(5-9-20)23(15-25(32)33)24(30)12-13-31/h1-14,23H,15-16H2,(H3-,30,31,32,33,34,35)/t23-/m0/s1. The summed E-state index contributed by atoms with van der Waals surface area (Å²) >= 11 is 0. The highest BCUT2D eigenvalue weighted by atomic mass is 32.3. The van der Waals surface area contributed by atoms with E-state index in [-0.39, 0.29) is 22.1 Å². The number of alkyl halides is 3. The summed E-state index contributed by atoms with van der Waals surface area (Å²) in [6.45, 7) is 0.00533. The summed E-state index contributed by atoms with van der Waals surface area (Å²) in [6, 6.07) is 15.8. The Balaban J connectivity index is 1.73. The summed E-state index contributed by atoms with van der Waals surface area (Å²) in [7, 11) is -3.81. The topological polar surface area (TPSA) is 130 Å². The monoisotopic (exact) mass is 533 g/mol. The molecule has 3 N–H and O–H groups in total. The number of aldehydes is 1. The molecule has 3 rings (SSSR count). The predicted octanol–water partition coefficient (Wildman–Crippen LogP) is 3.94. The first kappa shape index (κ1) is 27.6. The van der Waals surface area contributed by atoms with Gasteiger partial charge in [0.05, 0.1) is 5.56 Å². The Morgan fingerprint density at radius 3 is 2.27 bits per heavy atom. The largest absolute Gasteiger partial charge is 0.550 e. The van der Waals surface area contributed by atoms with Gasteiger partial charge in [-0.2, -0.15) is 17.7 Å². The molecular formula is C26H22F3NO6S. The average Bonchev–Trinajstić information content (AvgIpc) is 2.86. The number of carbonyl (C=O) groups excluding carboxylic acids is 2. The minimum atomic E-state index is -4.56. The smallest absolute Gasteiger partial charge is 0.416 e. The van der Waals surface area contributed by atoms with Crippen LogP contribution in [0.25, 0.3) is 0 Å². The van der Waals surface area contributed by atoms with Crippen molar-refractivity contribution < 1.29 is 41.4 Å². The Morgan fingerprint density at radius 2 is 1.70 bits per heavy atom. The summed E-state index contributed by atoms with van der Waals surface area (Å²) in [5.74, 6) is -1.68. The molecule has 0 saturated heterocycles. The predicted molar refractivity (Wildman–Crippen MR) is 127 cm³/mol. The zero-order chi connectivity index (χ0) is 27.2. The lowest BCUT2D eigenvalue weighted by Gasteiger charge is -2.18. The van der Waals surface area contributed by atoms with E-state index in [4.69, 9.17) is 10.5 Å². The SMILES string of the molecule is NC(=CC=O)[C@@H](CC(=O)[O-])c1ccc(OCc2cccc([S+](=O)(O)c3ccc(C(F)(F)F)cc3)c2)cc1. The molecule has 37 heavy (non-hydrogen) atoms. The first-order valence-electron chi connectivity index (χ1n) is 10.8. The molecule has 0 aliphatic rings. The number of halogens is 3. The number of aliphatic carboxylic acids is 1. The molecular weight excluding hydrogens is 511 g/mol. The Kier molecular flexibility index (Phi) is 8.51. The van der Waals surface area contributed by atoms with Gasteiger partial charge in [-0.1, -0.05) is 28.5 Å². The molecule has 11 heteroatoms. The maximum Gasteiger partial charge on any atom is 0.416 e. The van der Waals surface area contributed by atoms with Gasteiger partial charge < -0.3 is 20.4 Å². The highest BCUT2D eigenvalue weighted by Crippen LogP contribution is 2.33. The second kappa shape index (κ2) is 11.4. The van der Waals surface area contributed by atoms with Gasteiger partial charge in [0.1, 0.15) is 18.6 Å². The summed E-state index contributed by atoms with van der Waals surface area (Å²) in [4.78, 5) is 21.6. The molecule has 0 heterocycles. The average molecular weight is 534 g/mol. The van der Waals surface area contributed by atoms with E-state index in [1.165, 1.54) is 18.2 Å². The van der Waals surface area contributed by atoms with Crippen LogP contribution < -0.4 is 15.6 Å². The molecule has 3 aromatic rings. The minimum absolute atomic E-state index is 0.00533. The van der Waals surface area contributed by atoms with Crippen molar-refractivity contribution in [2.45, 2.75) is 34.9 Å². The van der Waals surface area contributed by atoms with Crippen LogP contribution in [0, 0.1) is 0 Å². The molecule has 0 radical (unpaired) electrons. The molecule has 0 aliphatic heterocycles. The van der Waals surface area contributed by atoms with Gasteiger partial charge in [0, 0.05) is 23.7 Å². The second-order valence-electron chi connectivity index (χ2n) is 7.98. The van der Waals surface area contributed by atoms with Crippen LogP contribution >= 0.6 is 0 Å². The van der Waals surface area contributed by atoms with Gasteiger partial charge in [-0.15, -0.1) is 0 Å². The summed E-state index contributed by atoms with van der Waals surface area (Å²) in [5, 5.41) is 11.1. The first-order valence-corrected chi connectivity index (χ1v) is 12.3. The van der Waals surface area contributed by atoms with Gasteiger partial charge in [0.2, 0.25) is 0 Å². The number of allylic oxidation sites excluding steroid dienone is 2. The molecule has 0 aromatic heterocycles. The maximum atomic E-state index is 13.0. The number of hydrogen-bond donors (Lipinski definition) is 2. The Morgan fingerprint density at radius 1 is 1.05 bits per heavy atom. The normalized spacial score (nSPS) is 14.4. The lowest BCUT2D eigenvalue weighted by molar-refractivity contribution is -0.306. The highest BCUT2D eigenvalue weighted by Gasteiger charge is 2.35. The zero-order valence-electron chi connectivity index (χ0n) is 19.2. The van der Waals surface area contributed by atoms with Gasteiger partial charge in [-0.05, 0) is 66.1 Å². The van der Waals surface area contributed by atoms with Crippen LogP contribution in [0.5, 0.6) is 5.75 Å². The van der Waals surface area contributed by atoms with Gasteiger partial charge in [-0.3, -0.25) is 4.79 Å². The molecule has 2 atom stereocenters.